The van der Waals surface area contributed by atoms with Crippen molar-refractivity contribution in [2.75, 3.05) is 5.32 Å². The summed E-state index contributed by atoms with van der Waals surface area (Å²) in [7, 11) is 0. The highest BCUT2D eigenvalue weighted by Gasteiger charge is 2.66. The van der Waals surface area contributed by atoms with E-state index in [1.165, 1.54) is 20.0 Å². The Hall–Kier alpha value is -3.01. The first-order valence-electron chi connectivity index (χ1n) is 9.86. The van der Waals surface area contributed by atoms with E-state index < -0.39 is 47.0 Å². The number of halogens is 5. The summed E-state index contributed by atoms with van der Waals surface area (Å²) in [4.78, 5) is 8.13. The molecule has 0 amide bonds. The first-order chi connectivity index (χ1) is 14.9. The molecule has 1 aliphatic rings. The van der Waals surface area contributed by atoms with Crippen LogP contribution in [0.5, 0.6) is 5.75 Å². The number of alkyl halides is 3. The molecule has 0 spiro atoms. The van der Waals surface area contributed by atoms with Gasteiger partial charge in [0.15, 0.2) is 17.2 Å². The Balaban J connectivity index is 1.98. The van der Waals surface area contributed by atoms with Gasteiger partial charge in [0.25, 0.3) is 0 Å². The van der Waals surface area contributed by atoms with E-state index in [1.807, 2.05) is 0 Å². The van der Waals surface area contributed by atoms with Crippen molar-refractivity contribution < 1.29 is 32.2 Å². The molecule has 3 aromatic rings. The monoisotopic (exact) mass is 453 g/mol. The average molecular weight is 453 g/mol. The van der Waals surface area contributed by atoms with Gasteiger partial charge in [-0.25, -0.2) is 18.7 Å². The lowest BCUT2D eigenvalue weighted by atomic mass is 9.64. The smallest absolute Gasteiger partial charge is 0.419 e. The van der Waals surface area contributed by atoms with E-state index in [1.54, 1.807) is 6.92 Å². The molecule has 1 aromatic heterocycles. The summed E-state index contributed by atoms with van der Waals surface area (Å²) in [5, 5.41) is 24.2. The molecule has 0 fully saturated rings. The summed E-state index contributed by atoms with van der Waals surface area (Å²) >= 11 is 0. The van der Waals surface area contributed by atoms with Crippen LogP contribution in [-0.4, -0.2) is 32.0 Å². The van der Waals surface area contributed by atoms with E-state index in [0.29, 0.717) is 5.82 Å². The topological polar surface area (TPSA) is 78.3 Å². The number of aryl methyl sites for hydroxylation is 1. The second-order valence-electron chi connectivity index (χ2n) is 8.18. The van der Waals surface area contributed by atoms with Crippen molar-refractivity contribution in [2.45, 2.75) is 44.5 Å². The fourth-order valence-corrected chi connectivity index (χ4v) is 4.54. The standard InChI is InChI=1S/C22H20F5N3O2/c1-9-10(2)21(32,22(25,26)27)20(13-4-5-15(24)19(31)18(9)13)30-17-7-12(23)6-16-14(17)8-28-11(3)29-16/h4-10,20,30-32H,1-3H3. The summed E-state index contributed by atoms with van der Waals surface area (Å²) < 4.78 is 71.2. The number of aromatic nitrogens is 2. The van der Waals surface area contributed by atoms with Gasteiger partial charge in [0.2, 0.25) is 0 Å². The van der Waals surface area contributed by atoms with Crippen LogP contribution in [0.15, 0.2) is 30.5 Å². The van der Waals surface area contributed by atoms with Gasteiger partial charge in [0.1, 0.15) is 11.6 Å². The number of nitrogens with zero attached hydrogens (tertiary/aromatic N) is 2. The highest BCUT2D eigenvalue weighted by atomic mass is 19.4. The molecule has 4 rings (SSSR count). The van der Waals surface area contributed by atoms with Crippen molar-refractivity contribution >= 4 is 16.6 Å². The van der Waals surface area contributed by atoms with E-state index in [-0.39, 0.29) is 27.7 Å². The first-order valence-corrected chi connectivity index (χ1v) is 9.86. The first kappa shape index (κ1) is 22.2. The molecule has 0 aliphatic heterocycles. The Bertz CT molecular complexity index is 1210. The van der Waals surface area contributed by atoms with Gasteiger partial charge in [0, 0.05) is 34.8 Å². The summed E-state index contributed by atoms with van der Waals surface area (Å²) in [6.45, 7) is 4.14. The molecule has 4 unspecified atom stereocenters. The van der Waals surface area contributed by atoms with Crippen LogP contribution < -0.4 is 5.32 Å². The third-order valence-electron chi connectivity index (χ3n) is 6.39. The lowest BCUT2D eigenvalue weighted by Crippen LogP contribution is -2.60. The highest BCUT2D eigenvalue weighted by Crippen LogP contribution is 2.57. The van der Waals surface area contributed by atoms with Crippen LogP contribution >= 0.6 is 0 Å². The largest absolute Gasteiger partial charge is 0.505 e. The van der Waals surface area contributed by atoms with Gasteiger partial charge in [-0.3, -0.25) is 0 Å². The molecule has 1 heterocycles. The van der Waals surface area contributed by atoms with E-state index in [4.69, 9.17) is 0 Å². The summed E-state index contributed by atoms with van der Waals surface area (Å²) in [6.07, 6.45) is -3.76. The molecular weight excluding hydrogens is 433 g/mol. The van der Waals surface area contributed by atoms with Gasteiger partial charge in [-0.1, -0.05) is 19.9 Å². The van der Waals surface area contributed by atoms with Crippen molar-refractivity contribution in [1.29, 1.82) is 0 Å². The van der Waals surface area contributed by atoms with E-state index in [9.17, 15) is 32.2 Å². The second-order valence-corrected chi connectivity index (χ2v) is 8.18. The number of fused-ring (bicyclic) bond motifs is 2. The van der Waals surface area contributed by atoms with Gasteiger partial charge in [-0.05, 0) is 30.5 Å². The highest BCUT2D eigenvalue weighted by molar-refractivity contribution is 5.91. The maximum atomic E-state index is 14.3. The van der Waals surface area contributed by atoms with Crippen molar-refractivity contribution in [1.82, 2.24) is 9.97 Å². The lowest BCUT2D eigenvalue weighted by molar-refractivity contribution is -0.289. The number of hydrogen-bond donors (Lipinski definition) is 3. The Morgan fingerprint density at radius 2 is 1.81 bits per heavy atom. The maximum absolute atomic E-state index is 14.3. The summed E-state index contributed by atoms with van der Waals surface area (Å²) in [5.41, 5.74) is -3.41. The third-order valence-corrected chi connectivity index (χ3v) is 6.39. The van der Waals surface area contributed by atoms with Crippen LogP contribution in [0.3, 0.4) is 0 Å². The predicted molar refractivity (Wildman–Crippen MR) is 107 cm³/mol. The Morgan fingerprint density at radius 3 is 2.47 bits per heavy atom. The Morgan fingerprint density at radius 1 is 1.12 bits per heavy atom. The van der Waals surface area contributed by atoms with Crippen LogP contribution in [0.1, 0.15) is 42.8 Å². The molecule has 10 heteroatoms. The summed E-state index contributed by atoms with van der Waals surface area (Å²) in [6, 6.07) is 2.14. The molecule has 0 saturated carbocycles. The molecule has 0 radical (unpaired) electrons. The molecule has 0 bridgehead atoms. The minimum absolute atomic E-state index is 0.0447. The summed E-state index contributed by atoms with van der Waals surface area (Å²) in [5.74, 6) is -4.68. The number of aromatic hydroxyl groups is 1. The van der Waals surface area contributed by atoms with Crippen LogP contribution in [0, 0.1) is 24.5 Å². The molecule has 0 saturated heterocycles. The Kier molecular flexibility index (Phi) is 5.04. The molecule has 1 aliphatic carbocycles. The number of rotatable bonds is 2. The number of phenols is 1. The van der Waals surface area contributed by atoms with E-state index in [0.717, 1.165) is 24.3 Å². The van der Waals surface area contributed by atoms with Crippen LogP contribution in [-0.2, 0) is 0 Å². The fraction of sp³-hybridized carbons (Fsp3) is 0.364. The lowest BCUT2D eigenvalue weighted by Gasteiger charge is -2.49. The van der Waals surface area contributed by atoms with Gasteiger partial charge in [-0.2, -0.15) is 13.2 Å². The van der Waals surface area contributed by atoms with Gasteiger partial charge >= 0.3 is 6.18 Å². The van der Waals surface area contributed by atoms with Crippen molar-refractivity contribution in [2.24, 2.45) is 5.92 Å². The zero-order valence-corrected chi connectivity index (χ0v) is 17.3. The molecule has 32 heavy (non-hydrogen) atoms. The normalized spacial score (nSPS) is 25.6. The molecular formula is C22H20F5N3O2. The maximum Gasteiger partial charge on any atom is 0.419 e. The molecule has 170 valence electrons. The zero-order chi connectivity index (χ0) is 23.6. The van der Waals surface area contributed by atoms with Crippen LogP contribution in [0.4, 0.5) is 27.6 Å². The third kappa shape index (κ3) is 3.16. The molecule has 3 N–H and O–H groups in total. The van der Waals surface area contributed by atoms with Crippen LogP contribution in [0.2, 0.25) is 0 Å². The quantitative estimate of drug-likeness (QED) is 0.470. The van der Waals surface area contributed by atoms with Gasteiger partial charge in [-0.15, -0.1) is 0 Å². The molecule has 5 nitrogen and oxygen atoms in total. The number of hydrogen-bond acceptors (Lipinski definition) is 5. The van der Waals surface area contributed by atoms with E-state index >= 15 is 0 Å². The number of benzene rings is 2. The van der Waals surface area contributed by atoms with Crippen molar-refractivity contribution in [3.63, 3.8) is 0 Å². The minimum atomic E-state index is -5.10. The second kappa shape index (κ2) is 7.26. The number of anilines is 1. The van der Waals surface area contributed by atoms with Crippen molar-refractivity contribution in [3.05, 3.63) is 59.0 Å². The number of aliphatic hydroxyl groups is 1. The van der Waals surface area contributed by atoms with Gasteiger partial charge < -0.3 is 15.5 Å². The average Bonchev–Trinajstić information content (AvgIpc) is 2.70. The van der Waals surface area contributed by atoms with Gasteiger partial charge in [0.05, 0.1) is 11.6 Å². The predicted octanol–water partition coefficient (Wildman–Crippen LogP) is 5.12. The van der Waals surface area contributed by atoms with E-state index in [2.05, 4.69) is 15.3 Å². The molecule has 4 atom stereocenters. The minimum Gasteiger partial charge on any atom is -0.505 e. The fourth-order valence-electron chi connectivity index (χ4n) is 4.54. The Labute approximate surface area is 179 Å². The van der Waals surface area contributed by atoms with Crippen LogP contribution in [0.25, 0.3) is 10.9 Å². The zero-order valence-electron chi connectivity index (χ0n) is 17.3. The SMILES string of the molecule is Cc1ncc2c(NC3c4ccc(F)c(O)c4C(C)C(C)C3(O)C(F)(F)F)cc(F)cc2n1. The number of nitrogens with one attached hydrogen (secondary N) is 1. The van der Waals surface area contributed by atoms with Crippen molar-refractivity contribution in [3.8, 4) is 5.75 Å². The number of phenolic OH excluding ortho intramolecular Hbond substituents is 1. The molecule has 2 aromatic carbocycles.